The maximum atomic E-state index is 5.31. The van der Waals surface area contributed by atoms with E-state index in [4.69, 9.17) is 19.7 Å². The topological polar surface area (TPSA) is 70.5 Å². The first-order chi connectivity index (χ1) is 5.27. The Morgan fingerprint density at radius 3 is 2.55 bits per heavy atom. The zero-order chi connectivity index (χ0) is 8.27. The number of nitrogens with two attached hydrogens (primary N) is 1. The van der Waals surface area contributed by atoms with Crippen LogP contribution >= 0.6 is 0 Å². The number of rotatable bonds is 3. The summed E-state index contributed by atoms with van der Waals surface area (Å²) in [5.74, 6) is 0.784. The van der Waals surface area contributed by atoms with Crippen LogP contribution in [-0.4, -0.2) is 19.4 Å². The van der Waals surface area contributed by atoms with Crippen LogP contribution in [0.15, 0.2) is 10.6 Å². The molecule has 0 bridgehead atoms. The molecule has 1 aromatic rings. The zero-order valence-electron chi connectivity index (χ0n) is 6.40. The van der Waals surface area contributed by atoms with Crippen molar-refractivity contribution in [2.24, 2.45) is 0 Å². The molecule has 0 atom stereocenters. The Kier molecular flexibility index (Phi) is 2.45. The van der Waals surface area contributed by atoms with Gasteiger partial charge in [0.15, 0.2) is 11.6 Å². The highest BCUT2D eigenvalue weighted by Crippen LogP contribution is 2.18. The highest BCUT2D eigenvalue weighted by atomic mass is 16.7. The van der Waals surface area contributed by atoms with Gasteiger partial charge in [0.25, 0.3) is 0 Å². The molecule has 0 aliphatic rings. The molecular formula is C6H10N2O3. The van der Waals surface area contributed by atoms with Crippen LogP contribution < -0.4 is 5.73 Å². The summed E-state index contributed by atoms with van der Waals surface area (Å²) < 4.78 is 14.6. The largest absolute Gasteiger partial charge is 0.381 e. The Bertz CT molecular complexity index is 219. The fourth-order valence-corrected chi connectivity index (χ4v) is 0.743. The lowest BCUT2D eigenvalue weighted by atomic mass is 10.4. The number of aromatic nitrogens is 1. The van der Waals surface area contributed by atoms with Gasteiger partial charge in [-0.15, -0.1) is 0 Å². The van der Waals surface area contributed by atoms with Crippen molar-refractivity contribution < 1.29 is 14.0 Å². The first-order valence-electron chi connectivity index (χ1n) is 3.05. The molecule has 0 radical (unpaired) electrons. The summed E-state index contributed by atoms with van der Waals surface area (Å²) >= 11 is 0. The van der Waals surface area contributed by atoms with Crippen LogP contribution in [0.3, 0.4) is 0 Å². The van der Waals surface area contributed by atoms with Crippen LogP contribution in [0.4, 0.5) is 5.82 Å². The van der Waals surface area contributed by atoms with Gasteiger partial charge < -0.3 is 19.7 Å². The molecule has 0 unspecified atom stereocenters. The molecule has 0 amide bonds. The fraction of sp³-hybridized carbons (Fsp3) is 0.500. The van der Waals surface area contributed by atoms with E-state index in [0.29, 0.717) is 11.6 Å². The van der Waals surface area contributed by atoms with E-state index in [9.17, 15) is 0 Å². The second kappa shape index (κ2) is 3.36. The minimum atomic E-state index is -0.528. The Morgan fingerprint density at radius 2 is 2.18 bits per heavy atom. The van der Waals surface area contributed by atoms with Gasteiger partial charge in [0.2, 0.25) is 6.29 Å². The minimum absolute atomic E-state index is 0.319. The predicted octanol–water partition coefficient (Wildman–Crippen LogP) is 0.548. The normalized spacial score (nSPS) is 10.8. The number of ether oxygens (including phenoxy) is 2. The van der Waals surface area contributed by atoms with E-state index < -0.39 is 6.29 Å². The molecule has 0 saturated heterocycles. The van der Waals surface area contributed by atoms with Crippen molar-refractivity contribution in [3.05, 3.63) is 11.8 Å². The second-order valence-electron chi connectivity index (χ2n) is 1.96. The Labute approximate surface area is 64.1 Å². The lowest BCUT2D eigenvalue weighted by Crippen LogP contribution is -2.01. The molecule has 0 saturated carbocycles. The van der Waals surface area contributed by atoms with Gasteiger partial charge in [-0.3, -0.25) is 0 Å². The van der Waals surface area contributed by atoms with Gasteiger partial charge in [0.05, 0.1) is 0 Å². The van der Waals surface area contributed by atoms with Crippen molar-refractivity contribution in [2.75, 3.05) is 20.0 Å². The summed E-state index contributed by atoms with van der Waals surface area (Å²) in [7, 11) is 3.01. The molecule has 0 aliphatic carbocycles. The SMILES string of the molecule is COC(OC)c1cc(N)no1. The lowest BCUT2D eigenvalue weighted by Gasteiger charge is -2.07. The third-order valence-corrected chi connectivity index (χ3v) is 1.21. The number of methoxy groups -OCH3 is 2. The first-order valence-corrected chi connectivity index (χ1v) is 3.05. The van der Waals surface area contributed by atoms with Crippen LogP contribution in [0.5, 0.6) is 0 Å². The molecule has 1 rings (SSSR count). The predicted molar refractivity (Wildman–Crippen MR) is 37.7 cm³/mol. The summed E-state index contributed by atoms with van der Waals surface area (Å²) in [5.41, 5.74) is 5.31. The lowest BCUT2D eigenvalue weighted by molar-refractivity contribution is -0.119. The second-order valence-corrected chi connectivity index (χ2v) is 1.96. The molecule has 0 spiro atoms. The number of nitrogens with zero attached hydrogens (tertiary/aromatic N) is 1. The van der Waals surface area contributed by atoms with E-state index in [2.05, 4.69) is 5.16 Å². The fourth-order valence-electron chi connectivity index (χ4n) is 0.743. The number of hydrogen-bond acceptors (Lipinski definition) is 5. The molecular weight excluding hydrogens is 148 g/mol. The molecule has 5 nitrogen and oxygen atoms in total. The van der Waals surface area contributed by atoms with Gasteiger partial charge >= 0.3 is 0 Å². The first kappa shape index (κ1) is 8.03. The highest BCUT2D eigenvalue weighted by Gasteiger charge is 2.13. The van der Waals surface area contributed by atoms with Gasteiger partial charge in [0, 0.05) is 20.3 Å². The average Bonchev–Trinajstić information content (AvgIpc) is 2.39. The van der Waals surface area contributed by atoms with Gasteiger partial charge in [-0.1, -0.05) is 5.16 Å². The summed E-state index contributed by atoms with van der Waals surface area (Å²) in [5, 5.41) is 3.48. The average molecular weight is 158 g/mol. The molecule has 62 valence electrons. The van der Waals surface area contributed by atoms with E-state index in [-0.39, 0.29) is 0 Å². The van der Waals surface area contributed by atoms with Crippen molar-refractivity contribution in [2.45, 2.75) is 6.29 Å². The van der Waals surface area contributed by atoms with Crippen molar-refractivity contribution in [1.82, 2.24) is 5.16 Å². The molecule has 0 aliphatic heterocycles. The summed E-state index contributed by atoms with van der Waals surface area (Å²) in [6.45, 7) is 0. The van der Waals surface area contributed by atoms with Crippen LogP contribution in [0, 0.1) is 0 Å². The van der Waals surface area contributed by atoms with Crippen molar-refractivity contribution in [1.29, 1.82) is 0 Å². The molecule has 2 N–H and O–H groups in total. The van der Waals surface area contributed by atoms with Crippen molar-refractivity contribution in [3.63, 3.8) is 0 Å². The third kappa shape index (κ3) is 1.69. The maximum absolute atomic E-state index is 5.31. The third-order valence-electron chi connectivity index (χ3n) is 1.21. The molecule has 1 heterocycles. The van der Waals surface area contributed by atoms with E-state index >= 15 is 0 Å². The van der Waals surface area contributed by atoms with Gasteiger partial charge in [0.1, 0.15) is 0 Å². The monoisotopic (exact) mass is 158 g/mol. The molecule has 0 fully saturated rings. The van der Waals surface area contributed by atoms with Gasteiger partial charge in [-0.05, 0) is 0 Å². The molecule has 0 aromatic carbocycles. The Morgan fingerprint density at radius 1 is 1.55 bits per heavy atom. The number of hydrogen-bond donors (Lipinski definition) is 1. The van der Waals surface area contributed by atoms with Crippen LogP contribution in [0.25, 0.3) is 0 Å². The smallest absolute Gasteiger partial charge is 0.219 e. The summed E-state index contributed by atoms with van der Waals surface area (Å²) in [4.78, 5) is 0. The molecule has 1 aromatic heterocycles. The van der Waals surface area contributed by atoms with Gasteiger partial charge in [-0.25, -0.2) is 0 Å². The van der Waals surface area contributed by atoms with Crippen LogP contribution in [0.2, 0.25) is 0 Å². The quantitative estimate of drug-likeness (QED) is 0.650. The Balaban J connectivity index is 2.73. The molecule has 5 heteroatoms. The van der Waals surface area contributed by atoms with E-state index in [1.165, 1.54) is 14.2 Å². The van der Waals surface area contributed by atoms with Crippen LogP contribution in [-0.2, 0) is 9.47 Å². The highest BCUT2D eigenvalue weighted by molar-refractivity contribution is 5.26. The van der Waals surface area contributed by atoms with E-state index in [1.54, 1.807) is 6.07 Å². The van der Waals surface area contributed by atoms with Gasteiger partial charge in [-0.2, -0.15) is 0 Å². The van der Waals surface area contributed by atoms with E-state index in [0.717, 1.165) is 0 Å². The maximum Gasteiger partial charge on any atom is 0.219 e. The van der Waals surface area contributed by atoms with Crippen molar-refractivity contribution >= 4 is 5.82 Å². The standard InChI is InChI=1S/C6H10N2O3/c1-9-6(10-2)4-3-5(7)8-11-4/h3,6H,1-2H3,(H2,7,8). The number of anilines is 1. The Hall–Kier alpha value is -1.07. The number of nitrogen functional groups attached to an aromatic ring is 1. The van der Waals surface area contributed by atoms with Crippen LogP contribution in [0.1, 0.15) is 12.1 Å². The minimum Gasteiger partial charge on any atom is -0.381 e. The zero-order valence-corrected chi connectivity index (χ0v) is 6.40. The van der Waals surface area contributed by atoms with Crippen molar-refractivity contribution in [3.8, 4) is 0 Å². The van der Waals surface area contributed by atoms with E-state index in [1.807, 2.05) is 0 Å². The summed E-state index contributed by atoms with van der Waals surface area (Å²) in [6, 6.07) is 1.55. The molecule has 11 heavy (non-hydrogen) atoms. The summed E-state index contributed by atoms with van der Waals surface area (Å²) in [6.07, 6.45) is -0.528.